The molecule has 0 amide bonds. The van der Waals surface area contributed by atoms with Gasteiger partial charge in [-0.25, -0.2) is 9.78 Å². The van der Waals surface area contributed by atoms with Crippen LogP contribution in [0.3, 0.4) is 0 Å². The number of benzene rings is 1. The Hall–Kier alpha value is -2.40. The first kappa shape index (κ1) is 15.0. The number of carboxylic acid groups (broad SMARTS) is 1. The number of aryl methyl sites for hydroxylation is 1. The van der Waals surface area contributed by atoms with Gasteiger partial charge in [-0.2, -0.15) is 0 Å². The smallest absolute Gasteiger partial charge is 0.335 e. The Morgan fingerprint density at radius 3 is 2.52 bits per heavy atom. The van der Waals surface area contributed by atoms with E-state index in [2.05, 4.69) is 4.98 Å². The minimum Gasteiger partial charge on any atom is -0.478 e. The van der Waals surface area contributed by atoms with Crippen molar-refractivity contribution in [1.82, 2.24) is 4.98 Å². The fourth-order valence-corrected chi connectivity index (χ4v) is 1.89. The summed E-state index contributed by atoms with van der Waals surface area (Å²) in [6, 6.07) is 10.2. The fourth-order valence-electron chi connectivity index (χ4n) is 1.89. The number of nitrogens with zero attached hydrogens (tertiary/aromatic N) is 1. The van der Waals surface area contributed by atoms with Crippen molar-refractivity contribution in [1.29, 1.82) is 0 Å². The van der Waals surface area contributed by atoms with Crippen molar-refractivity contribution in [2.45, 2.75) is 19.8 Å². The Balaban J connectivity index is 2.21. The highest BCUT2D eigenvalue weighted by atomic mass is 16.5. The molecule has 0 aliphatic heterocycles. The molecule has 0 saturated heterocycles. The fraction of sp³-hybridized carbons (Fsp3) is 0.250. The van der Waals surface area contributed by atoms with E-state index in [4.69, 9.17) is 14.9 Å². The molecular weight excluding hydrogens is 270 g/mol. The second-order valence-corrected chi connectivity index (χ2v) is 4.56. The molecule has 0 aliphatic carbocycles. The minimum absolute atomic E-state index is 0.0995. The van der Waals surface area contributed by atoms with Crippen LogP contribution in [0.1, 0.15) is 28.5 Å². The van der Waals surface area contributed by atoms with Crippen LogP contribution in [0.4, 0.5) is 0 Å². The van der Waals surface area contributed by atoms with Gasteiger partial charge in [0.1, 0.15) is 5.75 Å². The number of hydrogen-bond donors (Lipinski definition) is 2. The first-order valence-electron chi connectivity index (χ1n) is 6.74. The van der Waals surface area contributed by atoms with Gasteiger partial charge in [0.15, 0.2) is 0 Å². The third kappa shape index (κ3) is 4.03. The van der Waals surface area contributed by atoms with Gasteiger partial charge < -0.3 is 14.9 Å². The summed E-state index contributed by atoms with van der Waals surface area (Å²) in [6.45, 7) is 2.00. The predicted molar refractivity (Wildman–Crippen MR) is 77.9 cm³/mol. The van der Waals surface area contributed by atoms with Crippen molar-refractivity contribution >= 4 is 5.97 Å². The molecule has 0 aliphatic rings. The maximum atomic E-state index is 11.1. The van der Waals surface area contributed by atoms with Gasteiger partial charge in [-0.15, -0.1) is 0 Å². The van der Waals surface area contributed by atoms with Crippen LogP contribution < -0.4 is 4.74 Å². The van der Waals surface area contributed by atoms with Gasteiger partial charge in [0.25, 0.3) is 0 Å². The lowest BCUT2D eigenvalue weighted by atomic mass is 10.1. The van der Waals surface area contributed by atoms with Gasteiger partial charge in [0, 0.05) is 18.4 Å². The number of hydrogen-bond acceptors (Lipinski definition) is 4. The largest absolute Gasteiger partial charge is 0.478 e. The molecule has 0 radical (unpaired) electrons. The van der Waals surface area contributed by atoms with E-state index in [0.717, 1.165) is 5.56 Å². The van der Waals surface area contributed by atoms with E-state index in [0.29, 0.717) is 24.3 Å². The number of aliphatic hydroxyl groups excluding tert-OH is 1. The van der Waals surface area contributed by atoms with E-state index >= 15 is 0 Å². The van der Waals surface area contributed by atoms with Gasteiger partial charge >= 0.3 is 5.97 Å². The van der Waals surface area contributed by atoms with Crippen molar-refractivity contribution in [3.8, 4) is 11.6 Å². The Kier molecular flexibility index (Phi) is 4.90. The number of pyridine rings is 1. The van der Waals surface area contributed by atoms with E-state index < -0.39 is 5.97 Å². The Labute approximate surface area is 122 Å². The highest BCUT2D eigenvalue weighted by molar-refractivity contribution is 5.88. The zero-order chi connectivity index (χ0) is 15.2. The highest BCUT2D eigenvalue weighted by Gasteiger charge is 2.09. The van der Waals surface area contributed by atoms with E-state index in [1.54, 1.807) is 18.2 Å². The number of ether oxygens (including phenoxy) is 1. The van der Waals surface area contributed by atoms with E-state index in [1.165, 1.54) is 6.07 Å². The van der Waals surface area contributed by atoms with Crippen LogP contribution in [-0.4, -0.2) is 27.8 Å². The van der Waals surface area contributed by atoms with Crippen LogP contribution in [0, 0.1) is 0 Å². The maximum Gasteiger partial charge on any atom is 0.335 e. The van der Waals surface area contributed by atoms with Gasteiger partial charge in [0.05, 0.1) is 5.56 Å². The minimum atomic E-state index is -1.00. The van der Waals surface area contributed by atoms with Crippen LogP contribution in [0.15, 0.2) is 36.4 Å². The molecule has 0 atom stereocenters. The maximum absolute atomic E-state index is 11.1. The molecule has 5 heteroatoms. The molecule has 1 aromatic carbocycles. The van der Waals surface area contributed by atoms with Crippen LogP contribution in [-0.2, 0) is 12.8 Å². The van der Waals surface area contributed by atoms with Crippen LogP contribution in [0.25, 0.3) is 0 Å². The summed E-state index contributed by atoms with van der Waals surface area (Å²) in [6.07, 6.45) is 1.22. The van der Waals surface area contributed by atoms with Crippen molar-refractivity contribution in [3.63, 3.8) is 0 Å². The van der Waals surface area contributed by atoms with E-state index in [1.807, 2.05) is 19.1 Å². The van der Waals surface area contributed by atoms with Gasteiger partial charge in [-0.3, -0.25) is 0 Å². The number of aromatic nitrogens is 1. The van der Waals surface area contributed by atoms with Gasteiger partial charge in [-0.05, 0) is 36.6 Å². The summed E-state index contributed by atoms with van der Waals surface area (Å²) >= 11 is 0. The van der Waals surface area contributed by atoms with Crippen LogP contribution in [0.5, 0.6) is 11.6 Å². The number of aromatic carboxylic acids is 1. The van der Waals surface area contributed by atoms with Crippen LogP contribution >= 0.6 is 0 Å². The number of carbonyl (C=O) groups is 1. The molecule has 1 aromatic heterocycles. The molecule has 110 valence electrons. The van der Waals surface area contributed by atoms with E-state index in [9.17, 15) is 4.79 Å². The summed E-state index contributed by atoms with van der Waals surface area (Å²) in [4.78, 5) is 15.3. The normalized spacial score (nSPS) is 10.4. The lowest BCUT2D eigenvalue weighted by Gasteiger charge is -2.08. The Bertz CT molecular complexity index is 623. The number of rotatable bonds is 6. The summed E-state index contributed by atoms with van der Waals surface area (Å²) in [5.74, 6) is -0.161. The van der Waals surface area contributed by atoms with Crippen molar-refractivity contribution < 1.29 is 19.7 Å². The standard InChI is InChI=1S/C16H17NO4/c1-2-13-9-12(16(19)20)10-15(17-13)21-14-5-3-11(4-6-14)7-8-18/h3-6,9-10,18H,2,7-8H2,1H3,(H,19,20). The quantitative estimate of drug-likeness (QED) is 0.853. The molecule has 0 bridgehead atoms. The molecule has 0 spiro atoms. The Morgan fingerprint density at radius 1 is 1.24 bits per heavy atom. The number of aliphatic hydroxyl groups is 1. The molecule has 1 heterocycles. The zero-order valence-electron chi connectivity index (χ0n) is 11.7. The first-order chi connectivity index (χ1) is 10.1. The molecule has 0 saturated carbocycles. The summed E-state index contributed by atoms with van der Waals surface area (Å²) in [5, 5.41) is 18.0. The van der Waals surface area contributed by atoms with E-state index in [-0.39, 0.29) is 18.1 Å². The van der Waals surface area contributed by atoms with Crippen molar-refractivity contribution in [2.24, 2.45) is 0 Å². The average molecular weight is 287 g/mol. The lowest BCUT2D eigenvalue weighted by Crippen LogP contribution is -2.01. The van der Waals surface area contributed by atoms with Crippen molar-refractivity contribution in [3.05, 3.63) is 53.2 Å². The average Bonchev–Trinajstić information content (AvgIpc) is 2.49. The molecule has 0 unspecified atom stereocenters. The molecule has 0 fully saturated rings. The molecule has 21 heavy (non-hydrogen) atoms. The predicted octanol–water partition coefficient (Wildman–Crippen LogP) is 2.67. The second-order valence-electron chi connectivity index (χ2n) is 4.56. The number of carboxylic acids is 1. The zero-order valence-corrected chi connectivity index (χ0v) is 11.7. The van der Waals surface area contributed by atoms with Crippen LogP contribution in [0.2, 0.25) is 0 Å². The SMILES string of the molecule is CCc1cc(C(=O)O)cc(Oc2ccc(CCO)cc2)n1. The van der Waals surface area contributed by atoms with Gasteiger partial charge in [-0.1, -0.05) is 19.1 Å². The topological polar surface area (TPSA) is 79.7 Å². The first-order valence-corrected chi connectivity index (χ1v) is 6.74. The molecule has 2 rings (SSSR count). The molecule has 2 aromatic rings. The van der Waals surface area contributed by atoms with Gasteiger partial charge in [0.2, 0.25) is 5.88 Å². The Morgan fingerprint density at radius 2 is 1.95 bits per heavy atom. The molecular formula is C16H17NO4. The summed E-state index contributed by atoms with van der Waals surface area (Å²) < 4.78 is 5.61. The molecule has 2 N–H and O–H groups in total. The monoisotopic (exact) mass is 287 g/mol. The molecule has 5 nitrogen and oxygen atoms in total. The van der Waals surface area contributed by atoms with Crippen molar-refractivity contribution in [2.75, 3.05) is 6.61 Å². The third-order valence-electron chi connectivity index (χ3n) is 3.01. The third-order valence-corrected chi connectivity index (χ3v) is 3.01. The lowest BCUT2D eigenvalue weighted by molar-refractivity contribution is 0.0696. The highest BCUT2D eigenvalue weighted by Crippen LogP contribution is 2.22. The summed E-state index contributed by atoms with van der Waals surface area (Å²) in [7, 11) is 0. The summed E-state index contributed by atoms with van der Waals surface area (Å²) in [5.41, 5.74) is 1.84. The second kappa shape index (κ2) is 6.85.